The molecule has 28 heavy (non-hydrogen) atoms. The Balaban J connectivity index is 1.48. The molecule has 0 saturated heterocycles. The average Bonchev–Trinajstić information content (AvgIpc) is 2.73. The Hall–Kier alpha value is -3.11. The summed E-state index contributed by atoms with van der Waals surface area (Å²) in [5, 5.41) is 6.44. The standard InChI is InChI=1S/C23H21ClN2O2/c24-21-8-4-7-17(15-21)13-14-25-22(27)19-9-11-20(12-10-19)23(28)26-16-18-5-2-1-3-6-18/h1-12,15H,13-14,16H2,(H,25,27)(H,26,28). The second kappa shape index (κ2) is 9.72. The van der Waals surface area contributed by atoms with Crippen molar-refractivity contribution in [3.8, 4) is 0 Å². The number of benzene rings is 3. The van der Waals surface area contributed by atoms with Crippen molar-refractivity contribution < 1.29 is 9.59 Å². The zero-order valence-corrected chi connectivity index (χ0v) is 16.1. The predicted molar refractivity (Wildman–Crippen MR) is 112 cm³/mol. The Morgan fingerprint density at radius 2 is 1.32 bits per heavy atom. The number of nitrogens with one attached hydrogen (secondary N) is 2. The van der Waals surface area contributed by atoms with Crippen molar-refractivity contribution in [2.45, 2.75) is 13.0 Å². The van der Waals surface area contributed by atoms with Crippen molar-refractivity contribution in [3.63, 3.8) is 0 Å². The molecule has 3 rings (SSSR count). The summed E-state index contributed by atoms with van der Waals surface area (Å²) in [5.74, 6) is -0.338. The molecule has 4 nitrogen and oxygen atoms in total. The lowest BCUT2D eigenvalue weighted by Crippen LogP contribution is -2.26. The van der Waals surface area contributed by atoms with E-state index in [1.54, 1.807) is 24.3 Å². The molecule has 5 heteroatoms. The number of halogens is 1. The lowest BCUT2D eigenvalue weighted by atomic mass is 10.1. The molecule has 0 fully saturated rings. The fourth-order valence-corrected chi connectivity index (χ4v) is 2.98. The molecule has 0 radical (unpaired) electrons. The van der Waals surface area contributed by atoms with Crippen LogP contribution in [0.4, 0.5) is 0 Å². The average molecular weight is 393 g/mol. The molecule has 0 aliphatic heterocycles. The maximum Gasteiger partial charge on any atom is 0.251 e. The number of hydrogen-bond acceptors (Lipinski definition) is 2. The van der Waals surface area contributed by atoms with E-state index in [-0.39, 0.29) is 11.8 Å². The van der Waals surface area contributed by atoms with E-state index < -0.39 is 0 Å². The van der Waals surface area contributed by atoms with Crippen LogP contribution in [-0.4, -0.2) is 18.4 Å². The summed E-state index contributed by atoms with van der Waals surface area (Å²) >= 11 is 5.96. The van der Waals surface area contributed by atoms with Crippen molar-refractivity contribution >= 4 is 23.4 Å². The van der Waals surface area contributed by atoms with Gasteiger partial charge in [-0.2, -0.15) is 0 Å². The van der Waals surface area contributed by atoms with Crippen molar-refractivity contribution in [1.29, 1.82) is 0 Å². The van der Waals surface area contributed by atoms with Gasteiger partial charge in [-0.3, -0.25) is 9.59 Å². The van der Waals surface area contributed by atoms with Crippen molar-refractivity contribution in [3.05, 3.63) is 106 Å². The van der Waals surface area contributed by atoms with Crippen molar-refractivity contribution in [2.75, 3.05) is 6.54 Å². The Labute approximate surface area is 169 Å². The van der Waals surface area contributed by atoms with E-state index in [4.69, 9.17) is 11.6 Å². The Kier molecular flexibility index (Phi) is 6.82. The molecule has 3 aromatic carbocycles. The predicted octanol–water partition coefficient (Wildman–Crippen LogP) is 4.24. The molecule has 0 bridgehead atoms. The van der Waals surface area contributed by atoms with Gasteiger partial charge in [-0.05, 0) is 53.9 Å². The molecule has 0 aromatic heterocycles. The third-order valence-electron chi connectivity index (χ3n) is 4.29. The van der Waals surface area contributed by atoms with Gasteiger partial charge in [0.15, 0.2) is 0 Å². The minimum Gasteiger partial charge on any atom is -0.352 e. The fraction of sp³-hybridized carbons (Fsp3) is 0.130. The first-order valence-corrected chi connectivity index (χ1v) is 9.44. The molecule has 0 atom stereocenters. The normalized spacial score (nSPS) is 10.3. The van der Waals surface area contributed by atoms with E-state index in [1.807, 2.05) is 54.6 Å². The van der Waals surface area contributed by atoms with Gasteiger partial charge >= 0.3 is 0 Å². The second-order valence-corrected chi connectivity index (χ2v) is 6.82. The molecular weight excluding hydrogens is 372 g/mol. The summed E-state index contributed by atoms with van der Waals surface area (Å²) in [7, 11) is 0. The van der Waals surface area contributed by atoms with Gasteiger partial charge in [0.2, 0.25) is 0 Å². The second-order valence-electron chi connectivity index (χ2n) is 6.38. The minimum atomic E-state index is -0.170. The highest BCUT2D eigenvalue weighted by Crippen LogP contribution is 2.11. The number of amides is 2. The van der Waals surface area contributed by atoms with E-state index in [1.165, 1.54) is 0 Å². The molecule has 0 unspecified atom stereocenters. The maximum absolute atomic E-state index is 12.3. The quantitative estimate of drug-likeness (QED) is 0.631. The summed E-state index contributed by atoms with van der Waals surface area (Å²) in [5.41, 5.74) is 3.14. The van der Waals surface area contributed by atoms with Crippen LogP contribution in [0.1, 0.15) is 31.8 Å². The van der Waals surface area contributed by atoms with Crippen molar-refractivity contribution in [2.24, 2.45) is 0 Å². The van der Waals surface area contributed by atoms with Gasteiger partial charge in [0.1, 0.15) is 0 Å². The molecule has 0 aliphatic rings. The zero-order valence-electron chi connectivity index (χ0n) is 15.3. The summed E-state index contributed by atoms with van der Waals surface area (Å²) in [6, 6.07) is 23.9. The van der Waals surface area contributed by atoms with Gasteiger partial charge in [0.25, 0.3) is 11.8 Å². The van der Waals surface area contributed by atoms with Gasteiger partial charge in [-0.1, -0.05) is 54.1 Å². The Morgan fingerprint density at radius 1 is 0.714 bits per heavy atom. The lowest BCUT2D eigenvalue weighted by Gasteiger charge is -2.08. The van der Waals surface area contributed by atoms with Crippen LogP contribution in [0.15, 0.2) is 78.9 Å². The van der Waals surface area contributed by atoms with E-state index in [9.17, 15) is 9.59 Å². The number of rotatable bonds is 7. The summed E-state index contributed by atoms with van der Waals surface area (Å²) < 4.78 is 0. The smallest absolute Gasteiger partial charge is 0.251 e. The van der Waals surface area contributed by atoms with Crippen LogP contribution < -0.4 is 10.6 Å². The van der Waals surface area contributed by atoms with Crippen LogP contribution in [0.3, 0.4) is 0 Å². The topological polar surface area (TPSA) is 58.2 Å². The minimum absolute atomic E-state index is 0.168. The lowest BCUT2D eigenvalue weighted by molar-refractivity contribution is 0.0940. The van der Waals surface area contributed by atoms with Crippen LogP contribution in [0.2, 0.25) is 5.02 Å². The molecular formula is C23H21ClN2O2. The number of carbonyl (C=O) groups is 2. The van der Waals surface area contributed by atoms with E-state index in [2.05, 4.69) is 10.6 Å². The summed E-state index contributed by atoms with van der Waals surface area (Å²) in [6.07, 6.45) is 0.701. The molecule has 0 saturated carbocycles. The Bertz CT molecular complexity index is 940. The van der Waals surface area contributed by atoms with E-state index in [0.717, 1.165) is 11.1 Å². The molecule has 0 heterocycles. The maximum atomic E-state index is 12.3. The number of hydrogen-bond donors (Lipinski definition) is 2. The van der Waals surface area contributed by atoms with Crippen LogP contribution in [-0.2, 0) is 13.0 Å². The Morgan fingerprint density at radius 3 is 1.96 bits per heavy atom. The molecule has 142 valence electrons. The van der Waals surface area contributed by atoms with Gasteiger partial charge in [0, 0.05) is 29.2 Å². The van der Waals surface area contributed by atoms with Gasteiger partial charge in [0.05, 0.1) is 0 Å². The summed E-state index contributed by atoms with van der Waals surface area (Å²) in [6.45, 7) is 0.976. The summed E-state index contributed by atoms with van der Waals surface area (Å²) in [4.78, 5) is 24.5. The highest BCUT2D eigenvalue weighted by molar-refractivity contribution is 6.30. The van der Waals surface area contributed by atoms with Gasteiger partial charge in [-0.15, -0.1) is 0 Å². The number of carbonyl (C=O) groups excluding carboxylic acids is 2. The molecule has 0 aliphatic carbocycles. The van der Waals surface area contributed by atoms with E-state index in [0.29, 0.717) is 35.7 Å². The first kappa shape index (κ1) is 19.6. The molecule has 2 amide bonds. The molecule has 2 N–H and O–H groups in total. The third-order valence-corrected chi connectivity index (χ3v) is 4.53. The molecule has 3 aromatic rings. The van der Waals surface area contributed by atoms with Gasteiger partial charge in [-0.25, -0.2) is 0 Å². The first-order chi connectivity index (χ1) is 13.6. The fourth-order valence-electron chi connectivity index (χ4n) is 2.77. The van der Waals surface area contributed by atoms with Crippen LogP contribution >= 0.6 is 11.6 Å². The zero-order chi connectivity index (χ0) is 19.8. The van der Waals surface area contributed by atoms with Gasteiger partial charge < -0.3 is 10.6 Å². The third kappa shape index (κ3) is 5.69. The SMILES string of the molecule is O=C(NCCc1cccc(Cl)c1)c1ccc(C(=O)NCc2ccccc2)cc1. The highest BCUT2D eigenvalue weighted by atomic mass is 35.5. The van der Waals surface area contributed by atoms with E-state index >= 15 is 0 Å². The van der Waals surface area contributed by atoms with Crippen LogP contribution in [0.5, 0.6) is 0 Å². The molecule has 0 spiro atoms. The highest BCUT2D eigenvalue weighted by Gasteiger charge is 2.09. The monoisotopic (exact) mass is 392 g/mol. The van der Waals surface area contributed by atoms with Crippen LogP contribution in [0.25, 0.3) is 0 Å². The largest absolute Gasteiger partial charge is 0.352 e. The van der Waals surface area contributed by atoms with Crippen LogP contribution in [0, 0.1) is 0 Å². The first-order valence-electron chi connectivity index (χ1n) is 9.06. The van der Waals surface area contributed by atoms with Crippen molar-refractivity contribution in [1.82, 2.24) is 10.6 Å².